The van der Waals surface area contributed by atoms with Crippen LogP contribution in [0.2, 0.25) is 0 Å². The molecular formula is C10H7BrO. The number of furan rings is 1. The SMILES string of the molecule is C=Cc1cc2cc(Br)ccc2o1. The van der Waals surface area contributed by atoms with Gasteiger partial charge in [-0.1, -0.05) is 22.5 Å². The molecule has 2 aromatic rings. The van der Waals surface area contributed by atoms with Gasteiger partial charge < -0.3 is 4.42 Å². The Balaban J connectivity index is 2.75. The lowest BCUT2D eigenvalue weighted by molar-refractivity contribution is 0.604. The molecule has 0 saturated heterocycles. The smallest absolute Gasteiger partial charge is 0.134 e. The standard InChI is InChI=1S/C10H7BrO/c1-2-9-6-7-5-8(11)3-4-10(7)12-9/h2-6H,1H2. The van der Waals surface area contributed by atoms with Crippen LogP contribution in [0.15, 0.2) is 39.7 Å². The predicted molar refractivity (Wildman–Crippen MR) is 54.0 cm³/mol. The Bertz CT molecular complexity index is 428. The van der Waals surface area contributed by atoms with E-state index in [-0.39, 0.29) is 0 Å². The van der Waals surface area contributed by atoms with Crippen molar-refractivity contribution in [2.75, 3.05) is 0 Å². The minimum absolute atomic E-state index is 0.808. The van der Waals surface area contributed by atoms with Crippen molar-refractivity contribution in [3.63, 3.8) is 0 Å². The second kappa shape index (κ2) is 2.79. The quantitative estimate of drug-likeness (QED) is 0.715. The summed E-state index contributed by atoms with van der Waals surface area (Å²) in [6.45, 7) is 3.64. The zero-order valence-corrected chi connectivity index (χ0v) is 7.97. The van der Waals surface area contributed by atoms with Gasteiger partial charge in [0.1, 0.15) is 11.3 Å². The first-order chi connectivity index (χ1) is 5.79. The average molecular weight is 223 g/mol. The lowest BCUT2D eigenvalue weighted by atomic mass is 10.2. The van der Waals surface area contributed by atoms with Gasteiger partial charge in [-0.15, -0.1) is 0 Å². The lowest BCUT2D eigenvalue weighted by Crippen LogP contribution is -1.62. The van der Waals surface area contributed by atoms with Gasteiger partial charge in [0.05, 0.1) is 0 Å². The molecule has 0 fully saturated rings. The minimum atomic E-state index is 0.808. The molecule has 0 unspecified atom stereocenters. The second-order valence-corrected chi connectivity index (χ2v) is 3.45. The summed E-state index contributed by atoms with van der Waals surface area (Å²) < 4.78 is 6.49. The van der Waals surface area contributed by atoms with Gasteiger partial charge in [0.2, 0.25) is 0 Å². The number of fused-ring (bicyclic) bond motifs is 1. The fourth-order valence-corrected chi connectivity index (χ4v) is 1.51. The van der Waals surface area contributed by atoms with E-state index in [9.17, 15) is 0 Å². The molecule has 0 aliphatic carbocycles. The maximum Gasteiger partial charge on any atom is 0.134 e. The normalized spacial score (nSPS) is 10.4. The molecule has 0 bridgehead atoms. The van der Waals surface area contributed by atoms with Crippen LogP contribution in [0.3, 0.4) is 0 Å². The number of hydrogen-bond acceptors (Lipinski definition) is 1. The average Bonchev–Trinajstić information content (AvgIpc) is 2.46. The van der Waals surface area contributed by atoms with Gasteiger partial charge in [0, 0.05) is 9.86 Å². The van der Waals surface area contributed by atoms with E-state index in [1.807, 2.05) is 24.3 Å². The van der Waals surface area contributed by atoms with Crippen LogP contribution < -0.4 is 0 Å². The summed E-state index contributed by atoms with van der Waals surface area (Å²) in [4.78, 5) is 0. The number of halogens is 1. The Morgan fingerprint density at radius 2 is 2.17 bits per heavy atom. The van der Waals surface area contributed by atoms with E-state index in [1.165, 1.54) is 0 Å². The third-order valence-electron chi connectivity index (χ3n) is 1.70. The molecule has 0 aliphatic rings. The van der Waals surface area contributed by atoms with E-state index in [1.54, 1.807) is 6.08 Å². The van der Waals surface area contributed by atoms with Crippen molar-refractivity contribution in [3.8, 4) is 0 Å². The van der Waals surface area contributed by atoms with Crippen molar-refractivity contribution in [1.82, 2.24) is 0 Å². The van der Waals surface area contributed by atoms with Crippen molar-refractivity contribution in [1.29, 1.82) is 0 Å². The summed E-state index contributed by atoms with van der Waals surface area (Å²) >= 11 is 3.40. The maximum atomic E-state index is 5.43. The molecule has 0 radical (unpaired) electrons. The van der Waals surface area contributed by atoms with E-state index in [0.717, 1.165) is 21.2 Å². The molecule has 12 heavy (non-hydrogen) atoms. The van der Waals surface area contributed by atoms with Crippen LogP contribution in [-0.4, -0.2) is 0 Å². The van der Waals surface area contributed by atoms with Crippen molar-refractivity contribution < 1.29 is 4.42 Å². The van der Waals surface area contributed by atoms with Gasteiger partial charge in [0.25, 0.3) is 0 Å². The molecule has 0 spiro atoms. The Morgan fingerprint density at radius 1 is 1.33 bits per heavy atom. The molecule has 1 aromatic carbocycles. The highest BCUT2D eigenvalue weighted by Gasteiger charge is 1.99. The molecule has 0 atom stereocenters. The van der Waals surface area contributed by atoms with Crippen molar-refractivity contribution in [3.05, 3.63) is 41.1 Å². The highest BCUT2D eigenvalue weighted by Crippen LogP contribution is 2.23. The van der Waals surface area contributed by atoms with Crippen molar-refractivity contribution in [2.24, 2.45) is 0 Å². The zero-order valence-electron chi connectivity index (χ0n) is 6.38. The Hall–Kier alpha value is -1.02. The largest absolute Gasteiger partial charge is 0.457 e. The van der Waals surface area contributed by atoms with Crippen LogP contribution >= 0.6 is 15.9 Å². The van der Waals surface area contributed by atoms with Gasteiger partial charge >= 0.3 is 0 Å². The Kier molecular flexibility index (Phi) is 1.77. The zero-order chi connectivity index (χ0) is 8.55. The summed E-state index contributed by atoms with van der Waals surface area (Å²) in [6, 6.07) is 7.88. The second-order valence-electron chi connectivity index (χ2n) is 2.54. The third kappa shape index (κ3) is 1.18. The molecule has 60 valence electrons. The molecule has 0 N–H and O–H groups in total. The molecule has 0 saturated carbocycles. The first kappa shape index (κ1) is 7.62. The molecule has 1 heterocycles. The Morgan fingerprint density at radius 3 is 2.92 bits per heavy atom. The van der Waals surface area contributed by atoms with Crippen LogP contribution in [-0.2, 0) is 0 Å². The summed E-state index contributed by atoms with van der Waals surface area (Å²) in [5, 5.41) is 1.10. The molecule has 0 amide bonds. The van der Waals surface area contributed by atoms with E-state index >= 15 is 0 Å². The van der Waals surface area contributed by atoms with Gasteiger partial charge in [-0.2, -0.15) is 0 Å². The highest BCUT2D eigenvalue weighted by atomic mass is 79.9. The van der Waals surface area contributed by atoms with E-state index in [2.05, 4.69) is 22.5 Å². The van der Waals surface area contributed by atoms with E-state index < -0.39 is 0 Å². The summed E-state index contributed by atoms with van der Waals surface area (Å²) in [5.74, 6) is 0.808. The van der Waals surface area contributed by atoms with Gasteiger partial charge in [-0.3, -0.25) is 0 Å². The van der Waals surface area contributed by atoms with Crippen molar-refractivity contribution in [2.45, 2.75) is 0 Å². The monoisotopic (exact) mass is 222 g/mol. The first-order valence-corrected chi connectivity index (χ1v) is 4.40. The Labute approximate surface area is 78.8 Å². The van der Waals surface area contributed by atoms with E-state index in [4.69, 9.17) is 4.42 Å². The van der Waals surface area contributed by atoms with Crippen LogP contribution in [0.4, 0.5) is 0 Å². The summed E-state index contributed by atoms with van der Waals surface area (Å²) in [6.07, 6.45) is 1.70. The van der Waals surface area contributed by atoms with Crippen molar-refractivity contribution >= 4 is 33.0 Å². The first-order valence-electron chi connectivity index (χ1n) is 3.61. The predicted octanol–water partition coefficient (Wildman–Crippen LogP) is 3.84. The highest BCUT2D eigenvalue weighted by molar-refractivity contribution is 9.10. The minimum Gasteiger partial charge on any atom is -0.457 e. The summed E-state index contributed by atoms with van der Waals surface area (Å²) in [5.41, 5.74) is 0.896. The van der Waals surface area contributed by atoms with E-state index in [0.29, 0.717) is 0 Å². The number of hydrogen-bond donors (Lipinski definition) is 0. The molecule has 1 aromatic heterocycles. The van der Waals surface area contributed by atoms with Crippen LogP contribution in [0.1, 0.15) is 5.76 Å². The summed E-state index contributed by atoms with van der Waals surface area (Å²) in [7, 11) is 0. The topological polar surface area (TPSA) is 13.1 Å². The molecule has 1 nitrogen and oxygen atoms in total. The van der Waals surface area contributed by atoms with Gasteiger partial charge in [-0.05, 0) is 30.3 Å². The van der Waals surface area contributed by atoms with Crippen LogP contribution in [0, 0.1) is 0 Å². The molecule has 2 heteroatoms. The number of rotatable bonds is 1. The van der Waals surface area contributed by atoms with Crippen LogP contribution in [0.25, 0.3) is 17.0 Å². The fourth-order valence-electron chi connectivity index (χ4n) is 1.14. The number of benzene rings is 1. The van der Waals surface area contributed by atoms with Crippen LogP contribution in [0.5, 0.6) is 0 Å². The fraction of sp³-hybridized carbons (Fsp3) is 0. The maximum absolute atomic E-state index is 5.43. The van der Waals surface area contributed by atoms with Gasteiger partial charge in [-0.25, -0.2) is 0 Å². The third-order valence-corrected chi connectivity index (χ3v) is 2.19. The lowest BCUT2D eigenvalue weighted by Gasteiger charge is -1.87. The molecule has 0 aliphatic heterocycles. The molecule has 2 rings (SSSR count). The molecular weight excluding hydrogens is 216 g/mol. The van der Waals surface area contributed by atoms with Gasteiger partial charge in [0.15, 0.2) is 0 Å².